The van der Waals surface area contributed by atoms with Crippen molar-refractivity contribution < 1.29 is 22.6 Å². The second kappa shape index (κ2) is 8.45. The number of halogens is 4. The van der Waals surface area contributed by atoms with E-state index in [1.54, 1.807) is 24.3 Å². The SMILES string of the molecule is Cl.FC(F)(F)c1ccc(Oc2ccc(OC[C@H]3CCCN3)cc2)cc1. The zero-order chi connectivity index (χ0) is 17.0. The molecular formula is C18H19ClF3NO2. The van der Waals surface area contributed by atoms with E-state index in [4.69, 9.17) is 9.47 Å². The zero-order valence-corrected chi connectivity index (χ0v) is 14.2. The number of alkyl halides is 3. The predicted octanol–water partition coefficient (Wildman–Crippen LogP) is 5.05. The third kappa shape index (κ3) is 5.54. The monoisotopic (exact) mass is 373 g/mol. The second-order valence-corrected chi connectivity index (χ2v) is 5.70. The normalized spacial score (nSPS) is 17.0. The van der Waals surface area contributed by atoms with Crippen LogP contribution in [-0.4, -0.2) is 19.2 Å². The highest BCUT2D eigenvalue weighted by Gasteiger charge is 2.30. The number of hydrogen-bond acceptors (Lipinski definition) is 3. The number of rotatable bonds is 5. The molecule has 0 spiro atoms. The van der Waals surface area contributed by atoms with Gasteiger partial charge >= 0.3 is 6.18 Å². The molecule has 2 aromatic carbocycles. The fourth-order valence-corrected chi connectivity index (χ4v) is 2.55. The Morgan fingerprint density at radius 2 is 1.48 bits per heavy atom. The summed E-state index contributed by atoms with van der Waals surface area (Å²) in [4.78, 5) is 0. The standard InChI is InChI=1S/C18H18F3NO2.ClH/c19-18(20,21)13-3-5-16(6-4-13)24-17-9-7-15(8-10-17)23-12-14-2-1-11-22-14;/h3-10,14,22H,1-2,11-12H2;1H/t14-;/m1./s1. The van der Waals surface area contributed by atoms with E-state index in [1.165, 1.54) is 18.6 Å². The fraction of sp³-hybridized carbons (Fsp3) is 0.333. The Morgan fingerprint density at radius 3 is 2.00 bits per heavy atom. The molecule has 1 fully saturated rings. The molecule has 2 aromatic rings. The lowest BCUT2D eigenvalue weighted by molar-refractivity contribution is -0.137. The molecule has 1 atom stereocenters. The Hall–Kier alpha value is -1.92. The third-order valence-corrected chi connectivity index (χ3v) is 3.85. The van der Waals surface area contributed by atoms with Crippen LogP contribution in [0.2, 0.25) is 0 Å². The molecule has 25 heavy (non-hydrogen) atoms. The van der Waals surface area contributed by atoms with Gasteiger partial charge in [-0.15, -0.1) is 12.4 Å². The van der Waals surface area contributed by atoms with Gasteiger partial charge in [0.05, 0.1) is 5.56 Å². The van der Waals surface area contributed by atoms with Crippen molar-refractivity contribution in [1.82, 2.24) is 5.32 Å². The number of benzene rings is 2. The molecule has 0 bridgehead atoms. The largest absolute Gasteiger partial charge is 0.492 e. The first-order valence-corrected chi connectivity index (χ1v) is 7.82. The molecule has 1 saturated heterocycles. The fourth-order valence-electron chi connectivity index (χ4n) is 2.55. The second-order valence-electron chi connectivity index (χ2n) is 5.70. The molecule has 0 radical (unpaired) electrons. The van der Waals surface area contributed by atoms with Crippen molar-refractivity contribution >= 4 is 12.4 Å². The molecule has 1 aliphatic rings. The highest BCUT2D eigenvalue weighted by atomic mass is 35.5. The van der Waals surface area contributed by atoms with E-state index in [0.29, 0.717) is 24.1 Å². The first-order chi connectivity index (χ1) is 11.5. The van der Waals surface area contributed by atoms with Crippen LogP contribution in [0.5, 0.6) is 17.2 Å². The first kappa shape index (κ1) is 19.4. The molecule has 1 aliphatic heterocycles. The van der Waals surface area contributed by atoms with Gasteiger partial charge in [0.2, 0.25) is 0 Å². The van der Waals surface area contributed by atoms with Gasteiger partial charge in [0.15, 0.2) is 0 Å². The summed E-state index contributed by atoms with van der Waals surface area (Å²) in [5.41, 5.74) is -0.695. The number of ether oxygens (including phenoxy) is 2. The lowest BCUT2D eigenvalue weighted by atomic mass is 10.2. The smallest absolute Gasteiger partial charge is 0.416 e. The maximum absolute atomic E-state index is 12.5. The average Bonchev–Trinajstić information content (AvgIpc) is 3.07. The van der Waals surface area contributed by atoms with Crippen LogP contribution in [-0.2, 0) is 6.18 Å². The van der Waals surface area contributed by atoms with Gasteiger partial charge < -0.3 is 14.8 Å². The molecule has 0 aliphatic carbocycles. The van der Waals surface area contributed by atoms with Crippen LogP contribution in [0.25, 0.3) is 0 Å². The van der Waals surface area contributed by atoms with E-state index in [-0.39, 0.29) is 12.4 Å². The molecule has 1 heterocycles. The van der Waals surface area contributed by atoms with E-state index in [9.17, 15) is 13.2 Å². The van der Waals surface area contributed by atoms with E-state index < -0.39 is 11.7 Å². The Kier molecular flexibility index (Phi) is 6.56. The van der Waals surface area contributed by atoms with Crippen molar-refractivity contribution in [3.63, 3.8) is 0 Å². The van der Waals surface area contributed by atoms with Crippen LogP contribution in [0.3, 0.4) is 0 Å². The Balaban J connectivity index is 0.00000225. The molecule has 7 heteroatoms. The maximum Gasteiger partial charge on any atom is 0.416 e. The minimum atomic E-state index is -4.34. The van der Waals surface area contributed by atoms with E-state index in [2.05, 4.69) is 5.32 Å². The van der Waals surface area contributed by atoms with Crippen LogP contribution in [0.1, 0.15) is 18.4 Å². The van der Waals surface area contributed by atoms with Gasteiger partial charge in [-0.05, 0) is 67.9 Å². The average molecular weight is 374 g/mol. The van der Waals surface area contributed by atoms with Crippen molar-refractivity contribution in [2.75, 3.05) is 13.2 Å². The number of hydrogen-bond donors (Lipinski definition) is 1. The van der Waals surface area contributed by atoms with Gasteiger partial charge in [0.1, 0.15) is 23.9 Å². The summed E-state index contributed by atoms with van der Waals surface area (Å²) in [6.45, 7) is 1.66. The topological polar surface area (TPSA) is 30.5 Å². The number of nitrogens with one attached hydrogen (secondary N) is 1. The highest BCUT2D eigenvalue weighted by Crippen LogP contribution is 2.31. The van der Waals surface area contributed by atoms with E-state index in [1.807, 2.05) is 0 Å². The third-order valence-electron chi connectivity index (χ3n) is 3.85. The van der Waals surface area contributed by atoms with Crippen molar-refractivity contribution in [3.8, 4) is 17.2 Å². The lowest BCUT2D eigenvalue weighted by Crippen LogP contribution is -2.28. The van der Waals surface area contributed by atoms with Gasteiger partial charge in [-0.25, -0.2) is 0 Å². The van der Waals surface area contributed by atoms with Crippen LogP contribution >= 0.6 is 12.4 Å². The van der Waals surface area contributed by atoms with E-state index >= 15 is 0 Å². The minimum absolute atomic E-state index is 0. The van der Waals surface area contributed by atoms with Gasteiger partial charge in [-0.1, -0.05) is 0 Å². The Morgan fingerprint density at radius 1 is 0.920 bits per heavy atom. The summed E-state index contributed by atoms with van der Waals surface area (Å²) < 4.78 is 48.8. The van der Waals surface area contributed by atoms with Gasteiger partial charge in [0, 0.05) is 6.04 Å². The molecular weight excluding hydrogens is 355 g/mol. The molecule has 0 saturated carbocycles. The molecule has 3 nitrogen and oxygen atoms in total. The Labute approximate surface area is 150 Å². The van der Waals surface area contributed by atoms with Gasteiger partial charge in [0.25, 0.3) is 0 Å². The van der Waals surface area contributed by atoms with E-state index in [0.717, 1.165) is 30.8 Å². The van der Waals surface area contributed by atoms with Crippen LogP contribution in [0, 0.1) is 0 Å². The molecule has 0 aromatic heterocycles. The molecule has 136 valence electrons. The van der Waals surface area contributed by atoms with Crippen LogP contribution in [0.4, 0.5) is 13.2 Å². The summed E-state index contributed by atoms with van der Waals surface area (Å²) in [5, 5.41) is 3.36. The highest BCUT2D eigenvalue weighted by molar-refractivity contribution is 5.85. The van der Waals surface area contributed by atoms with Crippen molar-refractivity contribution in [3.05, 3.63) is 54.1 Å². The lowest BCUT2D eigenvalue weighted by Gasteiger charge is -2.13. The van der Waals surface area contributed by atoms with Crippen molar-refractivity contribution in [2.45, 2.75) is 25.1 Å². The maximum atomic E-state index is 12.5. The van der Waals surface area contributed by atoms with Crippen molar-refractivity contribution in [2.24, 2.45) is 0 Å². The summed E-state index contributed by atoms with van der Waals surface area (Å²) in [7, 11) is 0. The predicted molar refractivity (Wildman–Crippen MR) is 91.7 cm³/mol. The summed E-state index contributed by atoms with van der Waals surface area (Å²) in [5.74, 6) is 1.64. The molecule has 0 unspecified atom stereocenters. The molecule has 3 rings (SSSR count). The minimum Gasteiger partial charge on any atom is -0.492 e. The molecule has 0 amide bonds. The molecule has 1 N–H and O–H groups in total. The van der Waals surface area contributed by atoms with Crippen LogP contribution in [0.15, 0.2) is 48.5 Å². The summed E-state index contributed by atoms with van der Waals surface area (Å²) in [6.07, 6.45) is -2.05. The summed E-state index contributed by atoms with van der Waals surface area (Å²) >= 11 is 0. The quantitative estimate of drug-likeness (QED) is 0.795. The summed E-state index contributed by atoms with van der Waals surface area (Å²) in [6, 6.07) is 12.0. The van der Waals surface area contributed by atoms with Crippen LogP contribution < -0.4 is 14.8 Å². The first-order valence-electron chi connectivity index (χ1n) is 7.82. The zero-order valence-electron chi connectivity index (χ0n) is 13.4. The Bertz CT molecular complexity index is 654. The van der Waals surface area contributed by atoms with Crippen molar-refractivity contribution in [1.29, 1.82) is 0 Å². The van der Waals surface area contributed by atoms with Gasteiger partial charge in [-0.2, -0.15) is 13.2 Å². The van der Waals surface area contributed by atoms with Gasteiger partial charge in [-0.3, -0.25) is 0 Å².